The number of carbonyl (C=O) groups excluding carboxylic acids is 1. The van der Waals surface area contributed by atoms with Crippen LogP contribution in [0.4, 0.5) is 10.1 Å². The highest BCUT2D eigenvalue weighted by Crippen LogP contribution is 2.19. The minimum atomic E-state index is -0.583. The highest BCUT2D eigenvalue weighted by atomic mass is 35.5. The molecule has 0 aliphatic heterocycles. The molecule has 1 rings (SSSR count). The van der Waals surface area contributed by atoms with Crippen molar-refractivity contribution in [1.29, 1.82) is 5.26 Å². The Morgan fingerprint density at radius 2 is 2.36 bits per heavy atom. The fourth-order valence-electron chi connectivity index (χ4n) is 0.859. The van der Waals surface area contributed by atoms with Gasteiger partial charge in [-0.1, -0.05) is 11.6 Å². The second kappa shape index (κ2) is 4.58. The van der Waals surface area contributed by atoms with Crippen LogP contribution < -0.4 is 5.32 Å². The van der Waals surface area contributed by atoms with Crippen LogP contribution in [-0.4, -0.2) is 5.91 Å². The van der Waals surface area contributed by atoms with Gasteiger partial charge in [-0.25, -0.2) is 4.39 Å². The van der Waals surface area contributed by atoms with Crippen LogP contribution in [0.3, 0.4) is 0 Å². The molecular weight excluding hydrogens is 207 g/mol. The van der Waals surface area contributed by atoms with Crippen LogP contribution in [0.2, 0.25) is 5.02 Å². The Labute approximate surface area is 85.1 Å². The van der Waals surface area contributed by atoms with Crippen molar-refractivity contribution in [2.75, 3.05) is 5.32 Å². The zero-order valence-corrected chi connectivity index (χ0v) is 7.81. The van der Waals surface area contributed by atoms with E-state index in [0.717, 1.165) is 6.07 Å². The van der Waals surface area contributed by atoms with Gasteiger partial charge < -0.3 is 5.32 Å². The predicted molar refractivity (Wildman–Crippen MR) is 50.3 cm³/mol. The molecule has 1 aromatic carbocycles. The molecule has 0 aromatic heterocycles. The summed E-state index contributed by atoms with van der Waals surface area (Å²) in [5.74, 6) is -1.14. The molecule has 1 amide bonds. The molecule has 0 fully saturated rings. The van der Waals surface area contributed by atoms with Crippen molar-refractivity contribution >= 4 is 23.2 Å². The molecule has 0 atom stereocenters. The third-order valence-electron chi connectivity index (χ3n) is 1.44. The largest absolute Gasteiger partial charge is 0.323 e. The Kier molecular flexibility index (Phi) is 3.43. The summed E-state index contributed by atoms with van der Waals surface area (Å²) in [5.41, 5.74) is -0.0160. The number of anilines is 1. The van der Waals surface area contributed by atoms with E-state index < -0.39 is 11.7 Å². The Balaban J connectivity index is 2.81. The number of nitrogens with one attached hydrogen (secondary N) is 1. The van der Waals surface area contributed by atoms with Crippen LogP contribution in [0, 0.1) is 17.1 Å². The summed E-state index contributed by atoms with van der Waals surface area (Å²) >= 11 is 5.59. The molecule has 5 heteroatoms. The van der Waals surface area contributed by atoms with Crippen molar-refractivity contribution in [1.82, 2.24) is 0 Å². The molecule has 1 N–H and O–H groups in total. The maximum atomic E-state index is 13.0. The molecule has 0 heterocycles. The third kappa shape index (κ3) is 2.71. The fraction of sp³-hybridized carbons (Fsp3) is 0.111. The molecule has 72 valence electrons. The minimum absolute atomic E-state index is 0.0160. The predicted octanol–water partition coefficient (Wildman–Crippen LogP) is 2.33. The van der Waals surface area contributed by atoms with Gasteiger partial charge in [-0.3, -0.25) is 4.79 Å². The average Bonchev–Trinajstić information content (AvgIpc) is 2.12. The summed E-state index contributed by atoms with van der Waals surface area (Å²) in [5, 5.41) is 10.8. The van der Waals surface area contributed by atoms with Crippen molar-refractivity contribution in [3.63, 3.8) is 0 Å². The summed E-state index contributed by atoms with van der Waals surface area (Å²) < 4.78 is 13.0. The second-order valence-corrected chi connectivity index (χ2v) is 2.94. The van der Waals surface area contributed by atoms with Crippen molar-refractivity contribution in [2.45, 2.75) is 6.42 Å². The van der Waals surface area contributed by atoms with Gasteiger partial charge in [0.1, 0.15) is 12.2 Å². The van der Waals surface area contributed by atoms with Crippen LogP contribution in [0.15, 0.2) is 18.2 Å². The maximum Gasteiger partial charge on any atom is 0.238 e. The highest BCUT2D eigenvalue weighted by molar-refractivity contribution is 6.30. The summed E-state index contributed by atoms with van der Waals surface area (Å²) in [4.78, 5) is 10.9. The summed E-state index contributed by atoms with van der Waals surface area (Å²) in [6.45, 7) is 0. The molecule has 0 radical (unpaired) electrons. The van der Waals surface area contributed by atoms with Crippen LogP contribution in [-0.2, 0) is 4.79 Å². The third-order valence-corrected chi connectivity index (χ3v) is 1.68. The zero-order valence-electron chi connectivity index (χ0n) is 7.05. The van der Waals surface area contributed by atoms with Crippen LogP contribution in [0.25, 0.3) is 0 Å². The monoisotopic (exact) mass is 212 g/mol. The van der Waals surface area contributed by atoms with E-state index >= 15 is 0 Å². The lowest BCUT2D eigenvalue weighted by molar-refractivity contribution is -0.115. The van der Waals surface area contributed by atoms with Crippen LogP contribution in [0.1, 0.15) is 6.42 Å². The van der Waals surface area contributed by atoms with Crippen molar-refractivity contribution in [3.8, 4) is 6.07 Å². The van der Waals surface area contributed by atoms with E-state index in [1.807, 2.05) is 0 Å². The van der Waals surface area contributed by atoms with Gasteiger partial charge in [-0.2, -0.15) is 5.26 Å². The number of hydrogen-bond donors (Lipinski definition) is 1. The zero-order chi connectivity index (χ0) is 10.6. The lowest BCUT2D eigenvalue weighted by Crippen LogP contribution is -2.11. The first kappa shape index (κ1) is 10.5. The van der Waals surface area contributed by atoms with Gasteiger partial charge in [0, 0.05) is 5.02 Å². The quantitative estimate of drug-likeness (QED) is 0.818. The minimum Gasteiger partial charge on any atom is -0.323 e. The summed E-state index contributed by atoms with van der Waals surface area (Å²) in [7, 11) is 0. The molecule has 0 unspecified atom stereocenters. The first-order valence-electron chi connectivity index (χ1n) is 3.75. The van der Waals surface area contributed by atoms with E-state index in [4.69, 9.17) is 16.9 Å². The number of hydrogen-bond acceptors (Lipinski definition) is 2. The van der Waals surface area contributed by atoms with Gasteiger partial charge in [-0.15, -0.1) is 0 Å². The van der Waals surface area contributed by atoms with Crippen molar-refractivity contribution < 1.29 is 9.18 Å². The van der Waals surface area contributed by atoms with Gasteiger partial charge in [-0.05, 0) is 18.2 Å². The van der Waals surface area contributed by atoms with Gasteiger partial charge in [0.05, 0.1) is 11.8 Å². The van der Waals surface area contributed by atoms with E-state index in [1.54, 1.807) is 6.07 Å². The molecule has 1 aromatic rings. The van der Waals surface area contributed by atoms with E-state index in [9.17, 15) is 9.18 Å². The molecular formula is C9H6ClFN2O. The Morgan fingerprint density at radius 3 is 3.00 bits per heavy atom. The highest BCUT2D eigenvalue weighted by Gasteiger charge is 2.06. The molecule has 0 spiro atoms. The first-order chi connectivity index (χ1) is 6.63. The lowest BCUT2D eigenvalue weighted by atomic mass is 10.3. The van der Waals surface area contributed by atoms with Crippen molar-refractivity contribution in [3.05, 3.63) is 29.0 Å². The van der Waals surface area contributed by atoms with Gasteiger partial charge in [0.15, 0.2) is 0 Å². The smallest absolute Gasteiger partial charge is 0.238 e. The summed E-state index contributed by atoms with van der Waals surface area (Å²) in [6.07, 6.45) is -0.314. The van der Waals surface area contributed by atoms with Crippen LogP contribution >= 0.6 is 11.6 Å². The van der Waals surface area contributed by atoms with E-state index in [1.165, 1.54) is 12.1 Å². The average molecular weight is 213 g/mol. The summed E-state index contributed by atoms with van der Waals surface area (Å²) in [6, 6.07) is 5.45. The lowest BCUT2D eigenvalue weighted by Gasteiger charge is -2.03. The normalized spacial score (nSPS) is 9.21. The molecule has 0 aliphatic rings. The standard InChI is InChI=1S/C9H6ClFN2O/c10-6-1-2-7(11)8(5-6)13-9(14)3-4-12/h1-2,5H,3H2,(H,13,14). The van der Waals surface area contributed by atoms with E-state index in [2.05, 4.69) is 5.32 Å². The Morgan fingerprint density at radius 1 is 1.64 bits per heavy atom. The first-order valence-corrected chi connectivity index (χ1v) is 4.13. The fourth-order valence-corrected chi connectivity index (χ4v) is 1.03. The van der Waals surface area contributed by atoms with Crippen molar-refractivity contribution in [2.24, 2.45) is 0 Å². The molecule has 0 saturated carbocycles. The second-order valence-electron chi connectivity index (χ2n) is 2.51. The number of nitrogens with zero attached hydrogens (tertiary/aromatic N) is 1. The van der Waals surface area contributed by atoms with E-state index in [-0.39, 0.29) is 12.1 Å². The number of carbonyl (C=O) groups is 1. The van der Waals surface area contributed by atoms with Gasteiger partial charge in [0.25, 0.3) is 0 Å². The Hall–Kier alpha value is -1.60. The van der Waals surface area contributed by atoms with E-state index in [0.29, 0.717) is 5.02 Å². The van der Waals surface area contributed by atoms with Crippen LogP contribution in [0.5, 0.6) is 0 Å². The number of halogens is 2. The van der Waals surface area contributed by atoms with Gasteiger partial charge in [0.2, 0.25) is 5.91 Å². The number of amides is 1. The number of rotatable bonds is 2. The molecule has 0 bridgehead atoms. The van der Waals surface area contributed by atoms with Gasteiger partial charge >= 0.3 is 0 Å². The Bertz CT molecular complexity index is 400. The molecule has 0 aliphatic carbocycles. The SMILES string of the molecule is N#CCC(=O)Nc1cc(Cl)ccc1F. The maximum absolute atomic E-state index is 13.0. The molecule has 0 saturated heterocycles. The topological polar surface area (TPSA) is 52.9 Å². The molecule has 3 nitrogen and oxygen atoms in total. The number of nitriles is 1. The number of benzene rings is 1. The molecule has 14 heavy (non-hydrogen) atoms.